The first-order valence-corrected chi connectivity index (χ1v) is 6.68. The number of nitrogens with zero attached hydrogens (tertiary/aromatic N) is 3. The average Bonchev–Trinajstić information content (AvgIpc) is 2.92. The Morgan fingerprint density at radius 3 is 2.52 bits per heavy atom. The van der Waals surface area contributed by atoms with Gasteiger partial charge >= 0.3 is 0 Å². The van der Waals surface area contributed by atoms with E-state index in [-0.39, 0.29) is 12.4 Å². The zero-order valence-electron chi connectivity index (χ0n) is 11.6. The van der Waals surface area contributed by atoms with Gasteiger partial charge in [0, 0.05) is 12.1 Å². The van der Waals surface area contributed by atoms with E-state index in [0.29, 0.717) is 17.0 Å². The second kappa shape index (κ2) is 5.46. The summed E-state index contributed by atoms with van der Waals surface area (Å²) in [5, 5.41) is 8.25. The fraction of sp³-hybridized carbons (Fsp3) is 0.125. The molecule has 0 fully saturated rings. The lowest BCUT2D eigenvalue weighted by atomic mass is 10.1. The van der Waals surface area contributed by atoms with E-state index in [4.69, 9.17) is 5.73 Å². The molecule has 0 atom stereocenters. The number of hydrogen-bond acceptors (Lipinski definition) is 3. The molecule has 2 N–H and O–H groups in total. The summed E-state index contributed by atoms with van der Waals surface area (Å²) in [7, 11) is 0. The molecule has 4 nitrogen and oxygen atoms in total. The Balaban J connectivity index is 2.28. The third-order valence-electron chi connectivity index (χ3n) is 3.41. The number of para-hydroxylation sites is 1. The van der Waals surface area contributed by atoms with Crippen LogP contribution in [0.5, 0.6) is 0 Å². The fourth-order valence-electron chi connectivity index (χ4n) is 2.34. The summed E-state index contributed by atoms with van der Waals surface area (Å²) < 4.78 is 15.8. The van der Waals surface area contributed by atoms with E-state index in [0.717, 1.165) is 11.3 Å². The summed E-state index contributed by atoms with van der Waals surface area (Å²) in [6.07, 6.45) is 0. The maximum atomic E-state index is 14.2. The van der Waals surface area contributed by atoms with Gasteiger partial charge in [-0.15, -0.1) is 5.10 Å². The molecule has 1 heterocycles. The van der Waals surface area contributed by atoms with Crippen molar-refractivity contribution in [2.24, 2.45) is 5.73 Å². The smallest absolute Gasteiger partial charge is 0.132 e. The van der Waals surface area contributed by atoms with Gasteiger partial charge in [-0.1, -0.05) is 35.5 Å². The number of aromatic nitrogens is 3. The highest BCUT2D eigenvalue weighted by Gasteiger charge is 2.18. The quantitative estimate of drug-likeness (QED) is 0.803. The number of hydrogen-bond donors (Lipinski definition) is 1. The van der Waals surface area contributed by atoms with Crippen LogP contribution in [0.1, 0.15) is 11.3 Å². The predicted octanol–water partition coefficient (Wildman–Crippen LogP) is 2.84. The Labute approximate surface area is 122 Å². The first kappa shape index (κ1) is 13.5. The number of rotatable bonds is 3. The molecule has 0 aliphatic rings. The molecule has 0 saturated heterocycles. The van der Waals surface area contributed by atoms with Gasteiger partial charge in [0.2, 0.25) is 0 Å². The van der Waals surface area contributed by atoms with Gasteiger partial charge in [-0.2, -0.15) is 0 Å². The van der Waals surface area contributed by atoms with Crippen molar-refractivity contribution < 1.29 is 4.39 Å². The van der Waals surface area contributed by atoms with E-state index < -0.39 is 0 Å². The van der Waals surface area contributed by atoms with Crippen LogP contribution < -0.4 is 5.73 Å². The van der Waals surface area contributed by atoms with E-state index in [2.05, 4.69) is 10.3 Å². The third-order valence-corrected chi connectivity index (χ3v) is 3.41. The summed E-state index contributed by atoms with van der Waals surface area (Å²) in [6.45, 7) is 2.18. The molecule has 106 valence electrons. The predicted molar refractivity (Wildman–Crippen MR) is 79.4 cm³/mol. The Bertz CT molecular complexity index is 779. The van der Waals surface area contributed by atoms with Gasteiger partial charge < -0.3 is 5.73 Å². The molecule has 2 aromatic carbocycles. The lowest BCUT2D eigenvalue weighted by molar-refractivity contribution is 0.629. The SMILES string of the molecule is Cc1ccccc1-n1nnc(CN)c1-c1ccccc1F. The summed E-state index contributed by atoms with van der Waals surface area (Å²) >= 11 is 0. The first-order chi connectivity index (χ1) is 10.2. The third kappa shape index (κ3) is 2.32. The Hall–Kier alpha value is -2.53. The second-order valence-corrected chi connectivity index (χ2v) is 4.77. The molecule has 1 aromatic heterocycles. The molecule has 0 spiro atoms. The maximum absolute atomic E-state index is 14.2. The normalized spacial score (nSPS) is 10.8. The Morgan fingerprint density at radius 1 is 1.10 bits per heavy atom. The van der Waals surface area contributed by atoms with Gasteiger partial charge in [-0.05, 0) is 30.7 Å². The largest absolute Gasteiger partial charge is 0.325 e. The van der Waals surface area contributed by atoms with E-state index in [1.807, 2.05) is 31.2 Å². The van der Waals surface area contributed by atoms with Crippen LogP contribution in [-0.2, 0) is 6.54 Å². The average molecular weight is 282 g/mol. The molecule has 0 aliphatic carbocycles. The summed E-state index contributed by atoms with van der Waals surface area (Å²) in [6, 6.07) is 14.3. The summed E-state index contributed by atoms with van der Waals surface area (Å²) in [5.41, 5.74) is 9.25. The van der Waals surface area contributed by atoms with Crippen LogP contribution in [0.15, 0.2) is 48.5 Å². The van der Waals surface area contributed by atoms with Crippen molar-refractivity contribution in [3.63, 3.8) is 0 Å². The van der Waals surface area contributed by atoms with E-state index in [1.54, 1.807) is 22.9 Å². The molecule has 3 aromatic rings. The number of aryl methyl sites for hydroxylation is 1. The van der Waals surface area contributed by atoms with Crippen LogP contribution in [-0.4, -0.2) is 15.0 Å². The summed E-state index contributed by atoms with van der Waals surface area (Å²) in [4.78, 5) is 0. The van der Waals surface area contributed by atoms with E-state index in [1.165, 1.54) is 6.07 Å². The highest BCUT2D eigenvalue weighted by molar-refractivity contribution is 5.65. The minimum Gasteiger partial charge on any atom is -0.325 e. The van der Waals surface area contributed by atoms with Crippen LogP contribution >= 0.6 is 0 Å². The zero-order valence-corrected chi connectivity index (χ0v) is 11.6. The molecule has 0 bridgehead atoms. The Morgan fingerprint density at radius 2 is 1.81 bits per heavy atom. The van der Waals surface area contributed by atoms with E-state index >= 15 is 0 Å². The lowest BCUT2D eigenvalue weighted by Gasteiger charge is -2.10. The fourth-order valence-corrected chi connectivity index (χ4v) is 2.34. The molecule has 0 amide bonds. The van der Waals surface area contributed by atoms with Crippen molar-refractivity contribution in [3.05, 3.63) is 65.6 Å². The second-order valence-electron chi connectivity index (χ2n) is 4.77. The van der Waals surface area contributed by atoms with Crippen LogP contribution in [0.4, 0.5) is 4.39 Å². The van der Waals surface area contributed by atoms with Crippen LogP contribution in [0.2, 0.25) is 0 Å². The first-order valence-electron chi connectivity index (χ1n) is 6.68. The van der Waals surface area contributed by atoms with Crippen molar-refractivity contribution in [1.29, 1.82) is 0 Å². The van der Waals surface area contributed by atoms with Crippen molar-refractivity contribution in [1.82, 2.24) is 15.0 Å². The molecule has 5 heteroatoms. The van der Waals surface area contributed by atoms with E-state index in [9.17, 15) is 4.39 Å². The van der Waals surface area contributed by atoms with Gasteiger partial charge in [0.25, 0.3) is 0 Å². The van der Waals surface area contributed by atoms with Crippen molar-refractivity contribution >= 4 is 0 Å². The van der Waals surface area contributed by atoms with Crippen LogP contribution in [0, 0.1) is 12.7 Å². The monoisotopic (exact) mass is 282 g/mol. The number of nitrogens with two attached hydrogens (primary N) is 1. The lowest BCUT2D eigenvalue weighted by Crippen LogP contribution is -2.05. The zero-order chi connectivity index (χ0) is 14.8. The van der Waals surface area contributed by atoms with Gasteiger partial charge in [0.05, 0.1) is 5.69 Å². The molecular weight excluding hydrogens is 267 g/mol. The molecule has 0 saturated carbocycles. The molecule has 0 radical (unpaired) electrons. The maximum Gasteiger partial charge on any atom is 0.132 e. The standard InChI is InChI=1S/C16H15FN4/c1-11-6-2-5-9-15(11)21-16(14(10-18)19-20-21)12-7-3-4-8-13(12)17/h2-9H,10,18H2,1H3. The minimum atomic E-state index is -0.315. The summed E-state index contributed by atoms with van der Waals surface area (Å²) in [5.74, 6) is -0.315. The van der Waals surface area contributed by atoms with Gasteiger partial charge in [0.1, 0.15) is 17.2 Å². The molecular formula is C16H15FN4. The minimum absolute atomic E-state index is 0.204. The van der Waals surface area contributed by atoms with Crippen molar-refractivity contribution in [2.45, 2.75) is 13.5 Å². The van der Waals surface area contributed by atoms with Crippen LogP contribution in [0.3, 0.4) is 0 Å². The molecule has 3 rings (SSSR count). The topological polar surface area (TPSA) is 56.7 Å². The highest BCUT2D eigenvalue weighted by Crippen LogP contribution is 2.28. The highest BCUT2D eigenvalue weighted by atomic mass is 19.1. The van der Waals surface area contributed by atoms with Gasteiger partial charge in [-0.3, -0.25) is 0 Å². The molecule has 0 aliphatic heterocycles. The Kier molecular flexibility index (Phi) is 3.50. The molecule has 0 unspecified atom stereocenters. The number of halogens is 1. The van der Waals surface area contributed by atoms with Gasteiger partial charge in [-0.25, -0.2) is 9.07 Å². The van der Waals surface area contributed by atoms with Gasteiger partial charge in [0.15, 0.2) is 0 Å². The van der Waals surface area contributed by atoms with Crippen LogP contribution in [0.25, 0.3) is 16.9 Å². The van der Waals surface area contributed by atoms with Crippen molar-refractivity contribution in [3.8, 4) is 16.9 Å². The van der Waals surface area contributed by atoms with Crippen molar-refractivity contribution in [2.75, 3.05) is 0 Å². The molecule has 21 heavy (non-hydrogen) atoms. The number of benzene rings is 2.